The highest BCUT2D eigenvalue weighted by Gasteiger charge is 2.16. The number of aromatic hydroxyl groups is 1. The SMILES string of the molecule is CN=C(NCc1c(O)ccc2c1CCCC2)NCC(C)C.I. The van der Waals surface area contributed by atoms with E-state index in [-0.39, 0.29) is 24.0 Å². The molecular formula is C17H28IN3O. The van der Waals surface area contributed by atoms with Gasteiger partial charge in [-0.05, 0) is 48.8 Å². The molecule has 1 aliphatic rings. The summed E-state index contributed by atoms with van der Waals surface area (Å²) in [5.74, 6) is 1.75. The Bertz CT molecular complexity index is 515. The third-order valence-corrected chi connectivity index (χ3v) is 3.96. The number of guanidine groups is 1. The highest BCUT2D eigenvalue weighted by atomic mass is 127. The Kier molecular flexibility index (Phi) is 8.00. The van der Waals surface area contributed by atoms with Crippen molar-refractivity contribution in [3.63, 3.8) is 0 Å². The van der Waals surface area contributed by atoms with Gasteiger partial charge in [-0.25, -0.2) is 0 Å². The number of hydrogen-bond donors (Lipinski definition) is 3. The number of aliphatic imine (C=N–C) groups is 1. The van der Waals surface area contributed by atoms with Crippen LogP contribution < -0.4 is 10.6 Å². The molecule has 1 aromatic rings. The predicted octanol–water partition coefficient (Wildman–Crippen LogP) is 3.21. The first-order valence-electron chi connectivity index (χ1n) is 7.89. The van der Waals surface area contributed by atoms with Crippen LogP contribution in [0.3, 0.4) is 0 Å². The Morgan fingerprint density at radius 1 is 1.23 bits per heavy atom. The van der Waals surface area contributed by atoms with Gasteiger partial charge in [0.1, 0.15) is 5.75 Å². The van der Waals surface area contributed by atoms with Crippen molar-refractivity contribution in [3.05, 3.63) is 28.8 Å². The summed E-state index contributed by atoms with van der Waals surface area (Å²) in [7, 11) is 1.77. The van der Waals surface area contributed by atoms with E-state index < -0.39 is 0 Å². The first kappa shape index (κ1) is 19.1. The molecule has 0 saturated heterocycles. The number of hydrogen-bond acceptors (Lipinski definition) is 2. The number of benzene rings is 1. The molecule has 1 aliphatic carbocycles. The molecule has 0 spiro atoms. The molecule has 0 atom stereocenters. The molecule has 3 N–H and O–H groups in total. The highest BCUT2D eigenvalue weighted by molar-refractivity contribution is 14.0. The molecule has 1 aromatic carbocycles. The lowest BCUT2D eigenvalue weighted by molar-refractivity contribution is 0.464. The highest BCUT2D eigenvalue weighted by Crippen LogP contribution is 2.30. The van der Waals surface area contributed by atoms with E-state index >= 15 is 0 Å². The minimum atomic E-state index is 0. The average Bonchev–Trinajstić information content (AvgIpc) is 2.49. The minimum Gasteiger partial charge on any atom is -0.508 e. The largest absolute Gasteiger partial charge is 0.508 e. The van der Waals surface area contributed by atoms with Gasteiger partial charge in [-0.2, -0.15) is 0 Å². The van der Waals surface area contributed by atoms with E-state index in [1.807, 2.05) is 6.07 Å². The van der Waals surface area contributed by atoms with E-state index in [0.29, 0.717) is 18.2 Å². The maximum absolute atomic E-state index is 10.2. The number of phenols is 1. The minimum absolute atomic E-state index is 0. The number of phenolic OH excluding ortho intramolecular Hbond substituents is 1. The van der Waals surface area contributed by atoms with Crippen molar-refractivity contribution < 1.29 is 5.11 Å². The van der Waals surface area contributed by atoms with Gasteiger partial charge in [-0.15, -0.1) is 24.0 Å². The summed E-state index contributed by atoms with van der Waals surface area (Å²) in [4.78, 5) is 4.23. The third kappa shape index (κ3) is 5.04. The Morgan fingerprint density at radius 2 is 1.95 bits per heavy atom. The van der Waals surface area contributed by atoms with Crippen LogP contribution in [0.4, 0.5) is 0 Å². The fourth-order valence-corrected chi connectivity index (χ4v) is 2.78. The quantitative estimate of drug-likeness (QED) is 0.401. The standard InChI is InChI=1S/C17H27N3O.HI/c1-12(2)10-19-17(18-3)20-11-15-14-7-5-4-6-13(14)8-9-16(15)21;/h8-9,12,21H,4-7,10-11H2,1-3H3,(H2,18,19,20);1H. The van der Waals surface area contributed by atoms with Crippen LogP contribution in [-0.2, 0) is 19.4 Å². The normalized spacial score (nSPS) is 14.3. The van der Waals surface area contributed by atoms with Crippen molar-refractivity contribution >= 4 is 29.9 Å². The van der Waals surface area contributed by atoms with Crippen LogP contribution in [0, 0.1) is 5.92 Å². The van der Waals surface area contributed by atoms with E-state index in [9.17, 15) is 5.11 Å². The molecule has 0 radical (unpaired) electrons. The fourth-order valence-electron chi connectivity index (χ4n) is 2.78. The summed E-state index contributed by atoms with van der Waals surface area (Å²) in [6.45, 7) is 5.84. The Morgan fingerprint density at radius 3 is 2.64 bits per heavy atom. The molecule has 0 aromatic heterocycles. The number of nitrogens with zero attached hydrogens (tertiary/aromatic N) is 1. The van der Waals surface area contributed by atoms with Crippen LogP contribution in [0.25, 0.3) is 0 Å². The molecule has 0 fully saturated rings. The zero-order valence-electron chi connectivity index (χ0n) is 13.8. The van der Waals surface area contributed by atoms with Crippen molar-refractivity contribution in [2.45, 2.75) is 46.1 Å². The average molecular weight is 417 g/mol. The molecule has 0 amide bonds. The topological polar surface area (TPSA) is 56.7 Å². The first-order chi connectivity index (χ1) is 10.1. The number of rotatable bonds is 4. The van der Waals surface area contributed by atoms with Crippen molar-refractivity contribution in [3.8, 4) is 5.75 Å². The third-order valence-electron chi connectivity index (χ3n) is 3.96. The molecule has 124 valence electrons. The van der Waals surface area contributed by atoms with Crippen LogP contribution in [0.2, 0.25) is 0 Å². The maximum Gasteiger partial charge on any atom is 0.191 e. The summed E-state index contributed by atoms with van der Waals surface area (Å²) >= 11 is 0. The second-order valence-corrected chi connectivity index (χ2v) is 6.11. The summed E-state index contributed by atoms with van der Waals surface area (Å²) in [5.41, 5.74) is 3.74. The lowest BCUT2D eigenvalue weighted by Crippen LogP contribution is -2.38. The van der Waals surface area contributed by atoms with Crippen LogP contribution in [-0.4, -0.2) is 24.7 Å². The Hall–Kier alpha value is -0.980. The number of nitrogens with one attached hydrogen (secondary N) is 2. The summed E-state index contributed by atoms with van der Waals surface area (Å²) in [5, 5.41) is 16.8. The second kappa shape index (κ2) is 9.22. The van der Waals surface area contributed by atoms with Gasteiger partial charge in [0.2, 0.25) is 0 Å². The van der Waals surface area contributed by atoms with Gasteiger partial charge in [0.15, 0.2) is 5.96 Å². The molecule has 0 saturated carbocycles. The molecule has 4 nitrogen and oxygen atoms in total. The summed E-state index contributed by atoms with van der Waals surface area (Å²) in [6.07, 6.45) is 4.66. The van der Waals surface area contributed by atoms with Gasteiger partial charge in [0.05, 0.1) is 0 Å². The molecule has 5 heteroatoms. The van der Waals surface area contributed by atoms with E-state index in [4.69, 9.17) is 0 Å². The van der Waals surface area contributed by atoms with E-state index in [2.05, 4.69) is 35.5 Å². The lowest BCUT2D eigenvalue weighted by Gasteiger charge is -2.21. The number of aryl methyl sites for hydroxylation is 1. The molecule has 22 heavy (non-hydrogen) atoms. The molecule has 0 heterocycles. The number of halogens is 1. The summed E-state index contributed by atoms with van der Waals surface area (Å²) in [6, 6.07) is 3.89. The number of fused-ring (bicyclic) bond motifs is 1. The first-order valence-corrected chi connectivity index (χ1v) is 7.89. The fraction of sp³-hybridized carbons (Fsp3) is 0.588. The Labute approximate surface area is 150 Å². The molecule has 0 aliphatic heterocycles. The van der Waals surface area contributed by atoms with Gasteiger partial charge in [-0.3, -0.25) is 4.99 Å². The Balaban J connectivity index is 0.00000242. The zero-order chi connectivity index (χ0) is 15.2. The second-order valence-electron chi connectivity index (χ2n) is 6.11. The van der Waals surface area contributed by atoms with E-state index in [1.54, 1.807) is 7.05 Å². The molecular weight excluding hydrogens is 389 g/mol. The van der Waals surface area contributed by atoms with Gasteiger partial charge >= 0.3 is 0 Å². The monoisotopic (exact) mass is 417 g/mol. The molecule has 2 rings (SSSR count). The van der Waals surface area contributed by atoms with Gasteiger partial charge in [0.25, 0.3) is 0 Å². The van der Waals surface area contributed by atoms with Crippen LogP contribution in [0.15, 0.2) is 17.1 Å². The van der Waals surface area contributed by atoms with Crippen LogP contribution in [0.1, 0.15) is 43.4 Å². The van der Waals surface area contributed by atoms with E-state index in [0.717, 1.165) is 30.9 Å². The van der Waals surface area contributed by atoms with Crippen LogP contribution in [0.5, 0.6) is 5.75 Å². The van der Waals surface area contributed by atoms with Gasteiger partial charge < -0.3 is 15.7 Å². The molecule has 0 bridgehead atoms. The maximum atomic E-state index is 10.2. The van der Waals surface area contributed by atoms with E-state index in [1.165, 1.54) is 24.0 Å². The predicted molar refractivity (Wildman–Crippen MR) is 103 cm³/mol. The van der Waals surface area contributed by atoms with Crippen molar-refractivity contribution in [2.24, 2.45) is 10.9 Å². The smallest absolute Gasteiger partial charge is 0.191 e. The van der Waals surface area contributed by atoms with Crippen molar-refractivity contribution in [1.82, 2.24) is 10.6 Å². The van der Waals surface area contributed by atoms with Crippen molar-refractivity contribution in [2.75, 3.05) is 13.6 Å². The molecule has 0 unspecified atom stereocenters. The summed E-state index contributed by atoms with van der Waals surface area (Å²) < 4.78 is 0. The van der Waals surface area contributed by atoms with Gasteiger partial charge in [0, 0.05) is 25.7 Å². The van der Waals surface area contributed by atoms with Gasteiger partial charge in [-0.1, -0.05) is 19.9 Å². The van der Waals surface area contributed by atoms with Crippen LogP contribution >= 0.6 is 24.0 Å². The lowest BCUT2D eigenvalue weighted by atomic mass is 9.88. The zero-order valence-corrected chi connectivity index (χ0v) is 16.1. The van der Waals surface area contributed by atoms with Crippen molar-refractivity contribution in [1.29, 1.82) is 0 Å².